The zero-order valence-corrected chi connectivity index (χ0v) is 14.8. The van der Waals surface area contributed by atoms with Gasteiger partial charge >= 0.3 is 5.97 Å². The highest BCUT2D eigenvalue weighted by atomic mass is 16.5. The molecule has 0 aliphatic carbocycles. The molecule has 2 rings (SSSR count). The standard InChI is InChI=1S/C19H24N2O4/c1-4-15-16(19(23)24-3)13(2)17(21-15)18(22)20-11-8-12-25-14-9-6-5-7-10-14/h5-7,9-10,21H,4,8,11-12H2,1-3H3,(H,20,22). The molecule has 1 heterocycles. The first kappa shape index (κ1) is 18.6. The average molecular weight is 344 g/mol. The predicted octanol–water partition coefficient (Wildman–Crippen LogP) is 2.87. The largest absolute Gasteiger partial charge is 0.494 e. The quantitative estimate of drug-likeness (QED) is 0.570. The predicted molar refractivity (Wildman–Crippen MR) is 95.1 cm³/mol. The summed E-state index contributed by atoms with van der Waals surface area (Å²) in [5.74, 6) is 0.146. The maximum atomic E-state index is 12.4. The van der Waals surface area contributed by atoms with Gasteiger partial charge in [-0.15, -0.1) is 0 Å². The topological polar surface area (TPSA) is 80.4 Å². The number of hydrogen-bond acceptors (Lipinski definition) is 4. The zero-order chi connectivity index (χ0) is 18.2. The first-order valence-electron chi connectivity index (χ1n) is 8.34. The Kier molecular flexibility index (Phi) is 6.62. The Bertz CT molecular complexity index is 723. The highest BCUT2D eigenvalue weighted by Crippen LogP contribution is 2.20. The summed E-state index contributed by atoms with van der Waals surface area (Å²) in [4.78, 5) is 27.3. The van der Waals surface area contributed by atoms with Crippen LogP contribution in [0.5, 0.6) is 5.75 Å². The number of nitrogens with one attached hydrogen (secondary N) is 2. The number of aryl methyl sites for hydroxylation is 1. The molecule has 0 unspecified atom stereocenters. The van der Waals surface area contributed by atoms with Crippen LogP contribution in [0.1, 0.15) is 45.4 Å². The van der Waals surface area contributed by atoms with E-state index < -0.39 is 5.97 Å². The first-order valence-corrected chi connectivity index (χ1v) is 8.34. The molecular formula is C19H24N2O4. The van der Waals surface area contributed by atoms with E-state index >= 15 is 0 Å². The van der Waals surface area contributed by atoms with Crippen molar-refractivity contribution < 1.29 is 19.1 Å². The monoisotopic (exact) mass is 344 g/mol. The number of carbonyl (C=O) groups is 2. The molecule has 0 saturated carbocycles. The van der Waals surface area contributed by atoms with Crippen molar-refractivity contribution in [1.29, 1.82) is 0 Å². The molecule has 134 valence electrons. The van der Waals surface area contributed by atoms with E-state index in [-0.39, 0.29) is 5.91 Å². The van der Waals surface area contributed by atoms with E-state index in [1.807, 2.05) is 37.3 Å². The molecule has 1 amide bonds. The fraction of sp³-hybridized carbons (Fsp3) is 0.368. The van der Waals surface area contributed by atoms with Crippen LogP contribution in [0.2, 0.25) is 0 Å². The number of para-hydroxylation sites is 1. The average Bonchev–Trinajstić information content (AvgIpc) is 2.98. The fourth-order valence-electron chi connectivity index (χ4n) is 2.60. The molecule has 0 spiro atoms. The van der Waals surface area contributed by atoms with Crippen molar-refractivity contribution in [3.05, 3.63) is 52.8 Å². The Hall–Kier alpha value is -2.76. The number of esters is 1. The number of rotatable bonds is 8. The van der Waals surface area contributed by atoms with Gasteiger partial charge in [0.05, 0.1) is 19.3 Å². The molecule has 6 heteroatoms. The minimum atomic E-state index is -0.430. The summed E-state index contributed by atoms with van der Waals surface area (Å²) in [5.41, 5.74) is 2.17. The van der Waals surface area contributed by atoms with Crippen LogP contribution in [0.4, 0.5) is 0 Å². The summed E-state index contributed by atoms with van der Waals surface area (Å²) in [6.07, 6.45) is 1.30. The Labute approximate surface area is 147 Å². The number of hydrogen-bond donors (Lipinski definition) is 2. The van der Waals surface area contributed by atoms with Gasteiger partial charge in [-0.3, -0.25) is 4.79 Å². The number of H-pyrrole nitrogens is 1. The second-order valence-corrected chi connectivity index (χ2v) is 5.59. The molecule has 0 fully saturated rings. The molecule has 6 nitrogen and oxygen atoms in total. The van der Waals surface area contributed by atoms with Crippen LogP contribution in [0.15, 0.2) is 30.3 Å². The molecule has 0 atom stereocenters. The lowest BCUT2D eigenvalue weighted by molar-refractivity contribution is 0.0599. The lowest BCUT2D eigenvalue weighted by atomic mass is 10.1. The second kappa shape index (κ2) is 8.92. The summed E-state index contributed by atoms with van der Waals surface area (Å²) in [7, 11) is 1.33. The van der Waals surface area contributed by atoms with E-state index in [1.165, 1.54) is 7.11 Å². The smallest absolute Gasteiger partial charge is 0.339 e. The third kappa shape index (κ3) is 4.62. The molecule has 0 aliphatic heterocycles. The SMILES string of the molecule is CCc1[nH]c(C(=O)NCCCOc2ccccc2)c(C)c1C(=O)OC. The fourth-order valence-corrected chi connectivity index (χ4v) is 2.60. The summed E-state index contributed by atoms with van der Waals surface area (Å²) in [6.45, 7) is 4.66. The van der Waals surface area contributed by atoms with Gasteiger partial charge in [0.1, 0.15) is 11.4 Å². The molecule has 2 N–H and O–H groups in total. The number of aromatic nitrogens is 1. The molecule has 0 bridgehead atoms. The Balaban J connectivity index is 1.88. The van der Waals surface area contributed by atoms with Gasteiger partial charge in [0.15, 0.2) is 0 Å². The Morgan fingerprint density at radius 3 is 2.56 bits per heavy atom. The third-order valence-corrected chi connectivity index (χ3v) is 3.92. The van der Waals surface area contributed by atoms with Gasteiger partial charge in [-0.2, -0.15) is 0 Å². The van der Waals surface area contributed by atoms with E-state index in [1.54, 1.807) is 6.92 Å². The van der Waals surface area contributed by atoms with E-state index in [0.717, 1.165) is 5.75 Å². The van der Waals surface area contributed by atoms with Gasteiger partial charge in [0.25, 0.3) is 5.91 Å². The summed E-state index contributed by atoms with van der Waals surface area (Å²) >= 11 is 0. The van der Waals surface area contributed by atoms with E-state index in [4.69, 9.17) is 9.47 Å². The minimum absolute atomic E-state index is 0.234. The second-order valence-electron chi connectivity index (χ2n) is 5.59. The first-order chi connectivity index (χ1) is 12.1. The molecule has 25 heavy (non-hydrogen) atoms. The van der Waals surface area contributed by atoms with Gasteiger partial charge in [0.2, 0.25) is 0 Å². The van der Waals surface area contributed by atoms with Crippen LogP contribution in [-0.2, 0) is 11.2 Å². The zero-order valence-electron chi connectivity index (χ0n) is 14.8. The van der Waals surface area contributed by atoms with E-state index in [2.05, 4.69) is 10.3 Å². The lowest BCUT2D eigenvalue weighted by Crippen LogP contribution is -2.26. The van der Waals surface area contributed by atoms with Crippen LogP contribution in [0, 0.1) is 6.92 Å². The van der Waals surface area contributed by atoms with Gasteiger partial charge in [-0.05, 0) is 37.5 Å². The maximum Gasteiger partial charge on any atom is 0.339 e. The van der Waals surface area contributed by atoms with Crippen LogP contribution in [0.3, 0.4) is 0 Å². The summed E-state index contributed by atoms with van der Waals surface area (Å²) in [5, 5.41) is 2.85. The van der Waals surface area contributed by atoms with Gasteiger partial charge in [-0.25, -0.2) is 4.79 Å². The van der Waals surface area contributed by atoms with Crippen LogP contribution in [-0.4, -0.2) is 37.1 Å². The van der Waals surface area contributed by atoms with Crippen molar-refractivity contribution >= 4 is 11.9 Å². The molecule has 1 aromatic carbocycles. The van der Waals surface area contributed by atoms with Crippen LogP contribution in [0.25, 0.3) is 0 Å². The molecule has 2 aromatic rings. The highest BCUT2D eigenvalue weighted by molar-refractivity contribution is 6.00. The molecule has 0 radical (unpaired) electrons. The van der Waals surface area contributed by atoms with Crippen LogP contribution >= 0.6 is 0 Å². The molecule has 0 saturated heterocycles. The number of ether oxygens (including phenoxy) is 2. The number of benzene rings is 1. The van der Waals surface area contributed by atoms with Gasteiger partial charge in [-0.1, -0.05) is 25.1 Å². The Morgan fingerprint density at radius 1 is 1.20 bits per heavy atom. The number of aromatic amines is 1. The van der Waals surface area contributed by atoms with Gasteiger partial charge in [0, 0.05) is 12.2 Å². The third-order valence-electron chi connectivity index (χ3n) is 3.92. The molecular weight excluding hydrogens is 320 g/mol. The number of methoxy groups -OCH3 is 1. The van der Waals surface area contributed by atoms with Crippen molar-refractivity contribution in [2.45, 2.75) is 26.7 Å². The van der Waals surface area contributed by atoms with E-state index in [9.17, 15) is 9.59 Å². The summed E-state index contributed by atoms with van der Waals surface area (Å²) in [6, 6.07) is 9.53. The number of carbonyl (C=O) groups excluding carboxylic acids is 2. The van der Waals surface area contributed by atoms with Crippen molar-refractivity contribution in [1.82, 2.24) is 10.3 Å². The maximum absolute atomic E-state index is 12.4. The van der Waals surface area contributed by atoms with Crippen molar-refractivity contribution in [2.75, 3.05) is 20.3 Å². The van der Waals surface area contributed by atoms with Crippen LogP contribution < -0.4 is 10.1 Å². The van der Waals surface area contributed by atoms with Crippen molar-refractivity contribution in [3.63, 3.8) is 0 Å². The van der Waals surface area contributed by atoms with Crippen molar-refractivity contribution in [2.24, 2.45) is 0 Å². The summed E-state index contributed by atoms with van der Waals surface area (Å²) < 4.78 is 10.4. The number of amides is 1. The normalized spacial score (nSPS) is 10.4. The van der Waals surface area contributed by atoms with Crippen molar-refractivity contribution in [3.8, 4) is 5.75 Å². The lowest BCUT2D eigenvalue weighted by Gasteiger charge is -2.07. The minimum Gasteiger partial charge on any atom is -0.494 e. The Morgan fingerprint density at radius 2 is 1.92 bits per heavy atom. The molecule has 0 aliphatic rings. The highest BCUT2D eigenvalue weighted by Gasteiger charge is 2.23. The van der Waals surface area contributed by atoms with E-state index in [0.29, 0.717) is 48.5 Å². The molecule has 1 aromatic heterocycles. The van der Waals surface area contributed by atoms with Gasteiger partial charge < -0.3 is 19.8 Å².